The van der Waals surface area contributed by atoms with Gasteiger partial charge in [-0.25, -0.2) is 4.79 Å². The molecule has 2 atom stereocenters. The normalized spacial score (nSPS) is 21.9. The second-order valence-electron chi connectivity index (χ2n) is 6.36. The lowest BCUT2D eigenvalue weighted by atomic mass is 10.1. The van der Waals surface area contributed by atoms with Gasteiger partial charge in [0.1, 0.15) is 5.60 Å². The van der Waals surface area contributed by atoms with E-state index in [1.807, 2.05) is 34.6 Å². The largest absolute Gasteiger partial charge is 0.444 e. The van der Waals surface area contributed by atoms with Gasteiger partial charge in [-0.15, -0.1) is 0 Å². The summed E-state index contributed by atoms with van der Waals surface area (Å²) in [5.41, 5.74) is 5.62. The Labute approximate surface area is 121 Å². The van der Waals surface area contributed by atoms with Crippen molar-refractivity contribution in [3.63, 3.8) is 0 Å². The van der Waals surface area contributed by atoms with Crippen molar-refractivity contribution in [2.24, 2.45) is 5.73 Å². The molecule has 118 valence electrons. The third kappa shape index (κ3) is 5.64. The monoisotopic (exact) mass is 288 g/mol. The lowest BCUT2D eigenvalue weighted by Gasteiger charge is -2.39. The molecule has 0 aromatic rings. The van der Waals surface area contributed by atoms with E-state index in [1.165, 1.54) is 0 Å². The third-order valence-corrected chi connectivity index (χ3v) is 2.91. The molecular formula is C14H28N2O4. The molecule has 6 heteroatoms. The van der Waals surface area contributed by atoms with E-state index in [0.717, 1.165) is 0 Å². The first-order valence-corrected chi connectivity index (χ1v) is 7.15. The van der Waals surface area contributed by atoms with Gasteiger partial charge in [-0.1, -0.05) is 0 Å². The molecule has 1 saturated heterocycles. The van der Waals surface area contributed by atoms with Crippen molar-refractivity contribution < 1.29 is 19.0 Å². The van der Waals surface area contributed by atoms with Crippen LogP contribution in [0.1, 0.15) is 34.6 Å². The van der Waals surface area contributed by atoms with E-state index in [9.17, 15) is 4.79 Å². The van der Waals surface area contributed by atoms with Crippen molar-refractivity contribution in [2.75, 3.05) is 26.4 Å². The molecule has 0 aromatic heterocycles. The standard InChI is InChI=1S/C14H28N2O4/c1-10(2)19-8-11(15)12-9-18-7-6-16(12)13(17)20-14(3,4)5/h10-12H,6-9,15H2,1-5H3. The highest BCUT2D eigenvalue weighted by Gasteiger charge is 2.34. The van der Waals surface area contributed by atoms with E-state index in [0.29, 0.717) is 26.4 Å². The highest BCUT2D eigenvalue weighted by molar-refractivity contribution is 5.68. The Bertz CT molecular complexity index is 315. The SMILES string of the molecule is CC(C)OCC(N)C1COCCN1C(=O)OC(C)(C)C. The quantitative estimate of drug-likeness (QED) is 0.846. The lowest BCUT2D eigenvalue weighted by molar-refractivity contribution is -0.0484. The molecule has 1 amide bonds. The Morgan fingerprint density at radius 2 is 2.10 bits per heavy atom. The number of carbonyl (C=O) groups is 1. The molecule has 1 aliphatic rings. The van der Waals surface area contributed by atoms with E-state index in [2.05, 4.69) is 0 Å². The number of nitrogens with zero attached hydrogens (tertiary/aromatic N) is 1. The molecule has 1 aliphatic heterocycles. The van der Waals surface area contributed by atoms with E-state index in [1.54, 1.807) is 4.90 Å². The minimum absolute atomic E-state index is 0.112. The number of rotatable bonds is 4. The molecule has 6 nitrogen and oxygen atoms in total. The Morgan fingerprint density at radius 1 is 1.45 bits per heavy atom. The molecule has 1 rings (SSSR count). The molecule has 20 heavy (non-hydrogen) atoms. The maximum atomic E-state index is 12.2. The summed E-state index contributed by atoms with van der Waals surface area (Å²) in [5.74, 6) is 0. The number of hydrogen-bond acceptors (Lipinski definition) is 5. The maximum absolute atomic E-state index is 12.2. The fourth-order valence-electron chi connectivity index (χ4n) is 1.94. The van der Waals surface area contributed by atoms with Crippen LogP contribution in [0.2, 0.25) is 0 Å². The topological polar surface area (TPSA) is 74.0 Å². The van der Waals surface area contributed by atoms with Gasteiger partial charge in [0, 0.05) is 6.54 Å². The van der Waals surface area contributed by atoms with Crippen LogP contribution in [0.5, 0.6) is 0 Å². The Balaban J connectivity index is 2.63. The van der Waals surface area contributed by atoms with Gasteiger partial charge < -0.3 is 19.9 Å². The third-order valence-electron chi connectivity index (χ3n) is 2.91. The zero-order valence-electron chi connectivity index (χ0n) is 13.2. The summed E-state index contributed by atoms with van der Waals surface area (Å²) in [5, 5.41) is 0. The average Bonchev–Trinajstić information content (AvgIpc) is 2.33. The van der Waals surface area contributed by atoms with Gasteiger partial charge in [0.05, 0.1) is 38.0 Å². The van der Waals surface area contributed by atoms with Gasteiger partial charge in [0.2, 0.25) is 0 Å². The molecule has 0 bridgehead atoms. The predicted molar refractivity (Wildman–Crippen MR) is 76.6 cm³/mol. The molecule has 2 unspecified atom stereocenters. The van der Waals surface area contributed by atoms with Crippen molar-refractivity contribution in [1.82, 2.24) is 4.90 Å². The maximum Gasteiger partial charge on any atom is 0.410 e. The minimum atomic E-state index is -0.515. The summed E-state index contributed by atoms with van der Waals surface area (Å²) in [6.07, 6.45) is -0.230. The number of ether oxygens (including phenoxy) is 3. The zero-order valence-corrected chi connectivity index (χ0v) is 13.2. The molecule has 0 radical (unpaired) electrons. The summed E-state index contributed by atoms with van der Waals surface area (Å²) >= 11 is 0. The molecule has 0 spiro atoms. The molecule has 0 saturated carbocycles. The van der Waals surface area contributed by atoms with Crippen LogP contribution in [0.25, 0.3) is 0 Å². The smallest absolute Gasteiger partial charge is 0.410 e. The summed E-state index contributed by atoms with van der Waals surface area (Å²) in [6, 6.07) is -0.498. The van der Waals surface area contributed by atoms with Gasteiger partial charge in [-0.05, 0) is 34.6 Å². The highest BCUT2D eigenvalue weighted by atomic mass is 16.6. The second-order valence-corrected chi connectivity index (χ2v) is 6.36. The Hall–Kier alpha value is -0.850. The van der Waals surface area contributed by atoms with Crippen molar-refractivity contribution in [3.05, 3.63) is 0 Å². The van der Waals surface area contributed by atoms with Crippen molar-refractivity contribution in [3.8, 4) is 0 Å². The highest BCUT2D eigenvalue weighted by Crippen LogP contribution is 2.16. The van der Waals surface area contributed by atoms with Crippen LogP contribution in [-0.4, -0.2) is 61.1 Å². The molecule has 0 aromatic carbocycles. The first-order valence-electron chi connectivity index (χ1n) is 7.15. The minimum Gasteiger partial charge on any atom is -0.444 e. The van der Waals surface area contributed by atoms with Crippen LogP contribution < -0.4 is 5.73 Å². The second kappa shape index (κ2) is 7.24. The predicted octanol–water partition coefficient (Wildman–Crippen LogP) is 1.37. The molecule has 0 aliphatic carbocycles. The van der Waals surface area contributed by atoms with Crippen LogP contribution in [-0.2, 0) is 14.2 Å². The van der Waals surface area contributed by atoms with Crippen LogP contribution >= 0.6 is 0 Å². The van der Waals surface area contributed by atoms with Gasteiger partial charge in [0.15, 0.2) is 0 Å². The van der Waals surface area contributed by atoms with Crippen LogP contribution in [0.4, 0.5) is 4.79 Å². The lowest BCUT2D eigenvalue weighted by Crippen LogP contribution is -2.59. The zero-order chi connectivity index (χ0) is 15.3. The fraction of sp³-hybridized carbons (Fsp3) is 0.929. The van der Waals surface area contributed by atoms with E-state index >= 15 is 0 Å². The Morgan fingerprint density at radius 3 is 2.65 bits per heavy atom. The summed E-state index contributed by atoms with van der Waals surface area (Å²) in [4.78, 5) is 13.9. The van der Waals surface area contributed by atoms with Gasteiger partial charge >= 0.3 is 6.09 Å². The number of carbonyl (C=O) groups excluding carboxylic acids is 1. The van der Waals surface area contributed by atoms with Gasteiger partial charge in [0.25, 0.3) is 0 Å². The first kappa shape index (κ1) is 17.2. The first-order chi connectivity index (χ1) is 9.20. The number of morpholine rings is 1. The Kier molecular flexibility index (Phi) is 6.23. The van der Waals surface area contributed by atoms with Crippen molar-refractivity contribution in [2.45, 2.75) is 58.4 Å². The number of hydrogen-bond donors (Lipinski definition) is 1. The molecule has 1 heterocycles. The van der Waals surface area contributed by atoms with Gasteiger partial charge in [-0.3, -0.25) is 4.90 Å². The molecular weight excluding hydrogens is 260 g/mol. The number of amides is 1. The summed E-state index contributed by atoms with van der Waals surface area (Å²) in [6.45, 7) is 11.3. The average molecular weight is 288 g/mol. The van der Waals surface area contributed by atoms with E-state index in [4.69, 9.17) is 19.9 Å². The fourth-order valence-corrected chi connectivity index (χ4v) is 1.94. The summed E-state index contributed by atoms with van der Waals surface area (Å²) in [7, 11) is 0. The molecule has 2 N–H and O–H groups in total. The molecule has 1 fully saturated rings. The van der Waals surface area contributed by atoms with Crippen LogP contribution in [0.3, 0.4) is 0 Å². The van der Waals surface area contributed by atoms with Gasteiger partial charge in [-0.2, -0.15) is 0 Å². The van der Waals surface area contributed by atoms with Crippen molar-refractivity contribution in [1.29, 1.82) is 0 Å². The summed E-state index contributed by atoms with van der Waals surface area (Å²) < 4.78 is 16.4. The van der Waals surface area contributed by atoms with E-state index < -0.39 is 5.60 Å². The van der Waals surface area contributed by atoms with Crippen LogP contribution in [0, 0.1) is 0 Å². The number of nitrogens with two attached hydrogens (primary N) is 1. The van der Waals surface area contributed by atoms with Crippen molar-refractivity contribution >= 4 is 6.09 Å². The van der Waals surface area contributed by atoms with E-state index in [-0.39, 0.29) is 24.3 Å². The van der Waals surface area contributed by atoms with Crippen LogP contribution in [0.15, 0.2) is 0 Å².